The molecule has 0 aliphatic carbocycles. The summed E-state index contributed by atoms with van der Waals surface area (Å²) in [5.41, 5.74) is 13.3. The first-order valence-corrected chi connectivity index (χ1v) is 13.3. The minimum absolute atomic E-state index is 0.00147. The molecular weight excluding hydrogens is 456 g/mol. The molecule has 2 rings (SSSR count). The molecule has 6 N–H and O–H groups in total. The number of nitrogens with zero attached hydrogens (tertiary/aromatic N) is 1. The van der Waals surface area contributed by atoms with Crippen molar-refractivity contribution in [3.8, 4) is 0 Å². The Morgan fingerprint density at radius 2 is 1.94 bits per heavy atom. The highest BCUT2D eigenvalue weighted by molar-refractivity contribution is 5.95. The van der Waals surface area contributed by atoms with Gasteiger partial charge >= 0.3 is 0 Å². The molecule has 0 radical (unpaired) electrons. The van der Waals surface area contributed by atoms with Crippen molar-refractivity contribution in [1.82, 2.24) is 5.32 Å². The fourth-order valence-electron chi connectivity index (χ4n) is 5.01. The number of unbranched alkanes of at least 4 members (excludes halogenated alkanes) is 1. The van der Waals surface area contributed by atoms with Crippen LogP contribution in [0.1, 0.15) is 78.2 Å². The van der Waals surface area contributed by atoms with Gasteiger partial charge < -0.3 is 26.8 Å². The number of carbonyl (C=O) groups excluding carboxylic acids is 3. The van der Waals surface area contributed by atoms with Crippen LogP contribution in [0.3, 0.4) is 0 Å². The van der Waals surface area contributed by atoms with Gasteiger partial charge in [0.05, 0.1) is 6.10 Å². The van der Waals surface area contributed by atoms with Gasteiger partial charge in [0, 0.05) is 43.6 Å². The lowest BCUT2D eigenvalue weighted by molar-refractivity contribution is -0.125. The maximum absolute atomic E-state index is 13.5. The molecule has 0 bridgehead atoms. The number of rotatable bonds is 14. The Hall–Kier alpha value is -2.45. The summed E-state index contributed by atoms with van der Waals surface area (Å²) in [4.78, 5) is 38.9. The van der Waals surface area contributed by atoms with Crippen LogP contribution < -0.4 is 21.7 Å². The molecule has 1 unspecified atom stereocenters. The Bertz CT molecular complexity index is 888. The van der Waals surface area contributed by atoms with Crippen LogP contribution >= 0.6 is 0 Å². The van der Waals surface area contributed by atoms with E-state index in [0.29, 0.717) is 32.4 Å². The number of para-hydroxylation sites is 1. The van der Waals surface area contributed by atoms with Gasteiger partial charge in [-0.3, -0.25) is 14.4 Å². The third-order valence-corrected chi connectivity index (χ3v) is 7.12. The number of fused-ring (bicyclic) bond motifs is 1. The van der Waals surface area contributed by atoms with Gasteiger partial charge in [-0.15, -0.1) is 0 Å². The molecule has 0 aromatic heterocycles. The van der Waals surface area contributed by atoms with Crippen molar-refractivity contribution >= 4 is 23.4 Å². The maximum Gasteiger partial charge on any atom is 0.227 e. The zero-order valence-corrected chi connectivity index (χ0v) is 22.5. The van der Waals surface area contributed by atoms with Crippen LogP contribution in [0.5, 0.6) is 0 Å². The van der Waals surface area contributed by atoms with Crippen molar-refractivity contribution < 1.29 is 19.5 Å². The van der Waals surface area contributed by atoms with Crippen molar-refractivity contribution in [3.05, 3.63) is 29.8 Å². The molecule has 1 aromatic carbocycles. The smallest absolute Gasteiger partial charge is 0.227 e. The second-order valence-electron chi connectivity index (χ2n) is 11.3. The van der Waals surface area contributed by atoms with E-state index < -0.39 is 17.6 Å². The number of amides is 3. The molecular formula is C28H46N4O4. The number of nitrogens with one attached hydrogen (secondary N) is 1. The summed E-state index contributed by atoms with van der Waals surface area (Å²) in [7, 11) is 0. The van der Waals surface area contributed by atoms with E-state index in [0.717, 1.165) is 30.5 Å². The van der Waals surface area contributed by atoms with Crippen molar-refractivity contribution in [2.24, 2.45) is 28.7 Å². The number of carbonyl (C=O) groups is 3. The number of primary amides is 1. The van der Waals surface area contributed by atoms with E-state index >= 15 is 0 Å². The predicted octanol–water partition coefficient (Wildman–Crippen LogP) is 2.89. The van der Waals surface area contributed by atoms with Gasteiger partial charge in [0.25, 0.3) is 0 Å². The van der Waals surface area contributed by atoms with Gasteiger partial charge in [0.2, 0.25) is 17.7 Å². The number of aliphatic hydroxyl groups is 1. The van der Waals surface area contributed by atoms with Crippen LogP contribution in [0.2, 0.25) is 0 Å². The number of hydrogen-bond acceptors (Lipinski definition) is 5. The Morgan fingerprint density at radius 1 is 1.25 bits per heavy atom. The van der Waals surface area contributed by atoms with Crippen LogP contribution in [-0.2, 0) is 20.8 Å². The van der Waals surface area contributed by atoms with E-state index in [1.807, 2.05) is 43.0 Å². The summed E-state index contributed by atoms with van der Waals surface area (Å²) < 4.78 is 0. The van der Waals surface area contributed by atoms with E-state index in [2.05, 4.69) is 12.2 Å². The van der Waals surface area contributed by atoms with Gasteiger partial charge in [-0.25, -0.2) is 0 Å². The van der Waals surface area contributed by atoms with Gasteiger partial charge in [-0.05, 0) is 55.1 Å². The summed E-state index contributed by atoms with van der Waals surface area (Å²) in [6.07, 6.45) is 3.88. The molecule has 4 atom stereocenters. The number of hydrogen-bond donors (Lipinski definition) is 4. The molecule has 0 saturated carbocycles. The first-order chi connectivity index (χ1) is 16.9. The van der Waals surface area contributed by atoms with E-state index in [1.165, 1.54) is 0 Å². The van der Waals surface area contributed by atoms with Gasteiger partial charge in [0.15, 0.2) is 0 Å². The van der Waals surface area contributed by atoms with Crippen LogP contribution in [0.25, 0.3) is 0 Å². The van der Waals surface area contributed by atoms with Crippen molar-refractivity contribution in [3.63, 3.8) is 0 Å². The third kappa shape index (κ3) is 9.21. The molecule has 202 valence electrons. The molecule has 1 heterocycles. The molecule has 0 saturated heterocycles. The van der Waals surface area contributed by atoms with Crippen LogP contribution in [0.4, 0.5) is 5.69 Å². The van der Waals surface area contributed by atoms with Crippen LogP contribution in [0.15, 0.2) is 24.3 Å². The minimum atomic E-state index is -0.833. The molecule has 0 spiro atoms. The molecule has 36 heavy (non-hydrogen) atoms. The maximum atomic E-state index is 13.5. The summed E-state index contributed by atoms with van der Waals surface area (Å²) in [6.45, 7) is 9.03. The number of benzene rings is 1. The second-order valence-corrected chi connectivity index (χ2v) is 11.3. The zero-order valence-electron chi connectivity index (χ0n) is 22.5. The molecule has 8 nitrogen and oxygen atoms in total. The Kier molecular flexibility index (Phi) is 11.4. The summed E-state index contributed by atoms with van der Waals surface area (Å²) in [5, 5.41) is 13.6. The second kappa shape index (κ2) is 13.7. The predicted molar refractivity (Wildman–Crippen MR) is 143 cm³/mol. The molecule has 0 fully saturated rings. The van der Waals surface area contributed by atoms with Crippen molar-refractivity contribution in [1.29, 1.82) is 0 Å². The standard InChI is InChI=1S/C28H46N4O4/c1-5-6-13-31-27(36)19(2)14-24(33)22(29)16-28(3,4)17-26(35)32-18-20(11-12-25(30)34)15-21-9-7-8-10-23(21)32/h7-10,19-20,22,24,33H,5-6,11-18,29H2,1-4H3,(H2,30,34)(H,31,36)/t19-,20?,22+,24+/m1/s1. The largest absolute Gasteiger partial charge is 0.391 e. The third-order valence-electron chi connectivity index (χ3n) is 7.12. The van der Waals surface area contributed by atoms with Gasteiger partial charge in [-0.2, -0.15) is 0 Å². The Labute approximate surface area is 216 Å². The Morgan fingerprint density at radius 3 is 2.61 bits per heavy atom. The lowest BCUT2D eigenvalue weighted by Crippen LogP contribution is -2.44. The molecule has 1 aromatic rings. The summed E-state index contributed by atoms with van der Waals surface area (Å²) in [6, 6.07) is 7.35. The highest BCUT2D eigenvalue weighted by atomic mass is 16.3. The average Bonchev–Trinajstić information content (AvgIpc) is 2.81. The van der Waals surface area contributed by atoms with Crippen LogP contribution in [-0.4, -0.2) is 48.1 Å². The van der Waals surface area contributed by atoms with E-state index in [1.54, 1.807) is 6.92 Å². The van der Waals surface area contributed by atoms with E-state index in [4.69, 9.17) is 11.5 Å². The van der Waals surface area contributed by atoms with Gasteiger partial charge in [0.1, 0.15) is 0 Å². The zero-order chi connectivity index (χ0) is 26.9. The summed E-state index contributed by atoms with van der Waals surface area (Å²) >= 11 is 0. The molecule has 1 aliphatic heterocycles. The van der Waals surface area contributed by atoms with E-state index in [9.17, 15) is 19.5 Å². The topological polar surface area (TPSA) is 139 Å². The first kappa shape index (κ1) is 29.8. The van der Waals surface area contributed by atoms with Crippen molar-refractivity contribution in [2.75, 3.05) is 18.0 Å². The fraction of sp³-hybridized carbons (Fsp3) is 0.679. The molecule has 1 aliphatic rings. The highest BCUT2D eigenvalue weighted by Crippen LogP contribution is 2.35. The monoisotopic (exact) mass is 502 g/mol. The SMILES string of the molecule is CCCCNC(=O)[C@H](C)C[C@H](O)[C@@H](N)CC(C)(C)CC(=O)N1CC(CCC(N)=O)Cc2ccccc21. The number of aliphatic hydroxyl groups excluding tert-OH is 1. The highest BCUT2D eigenvalue weighted by Gasteiger charge is 2.34. The quantitative estimate of drug-likeness (QED) is 0.290. The number of nitrogens with two attached hydrogens (primary N) is 2. The number of anilines is 1. The van der Waals surface area contributed by atoms with E-state index in [-0.39, 0.29) is 42.4 Å². The fourth-order valence-corrected chi connectivity index (χ4v) is 5.01. The average molecular weight is 503 g/mol. The van der Waals surface area contributed by atoms with Gasteiger partial charge in [-0.1, -0.05) is 52.3 Å². The Balaban J connectivity index is 1.98. The summed E-state index contributed by atoms with van der Waals surface area (Å²) in [5.74, 6) is -0.558. The lowest BCUT2D eigenvalue weighted by Gasteiger charge is -2.37. The normalized spacial score (nSPS) is 18.2. The van der Waals surface area contributed by atoms with Crippen molar-refractivity contribution in [2.45, 2.75) is 91.2 Å². The first-order valence-electron chi connectivity index (χ1n) is 13.3. The minimum Gasteiger partial charge on any atom is -0.391 e. The molecule has 8 heteroatoms. The lowest BCUT2D eigenvalue weighted by atomic mass is 9.79. The molecule has 3 amide bonds. The van der Waals surface area contributed by atoms with Crippen LogP contribution in [0, 0.1) is 17.3 Å².